The lowest BCUT2D eigenvalue weighted by Gasteiger charge is -2.49. The highest BCUT2D eigenvalue weighted by Crippen LogP contribution is 2.54. The summed E-state index contributed by atoms with van der Waals surface area (Å²) in [4.78, 5) is 27.6. The van der Waals surface area contributed by atoms with Crippen LogP contribution in [0.5, 0.6) is 23.0 Å². The van der Waals surface area contributed by atoms with E-state index in [-0.39, 0.29) is 22.2 Å². The molecular formula is C58H82N2O6. The maximum atomic E-state index is 14.8. The normalized spacial score (nSPS) is 18.1. The number of nitrogens with two attached hydrogens (primary N) is 2. The van der Waals surface area contributed by atoms with Crippen molar-refractivity contribution in [3.8, 4) is 23.0 Å². The number of hydrogen-bond donors (Lipinski definition) is 2. The van der Waals surface area contributed by atoms with Gasteiger partial charge in [0.15, 0.2) is 5.72 Å². The highest BCUT2D eigenvalue weighted by Gasteiger charge is 2.56. The minimum Gasteiger partial charge on any atom is -0.486 e. The predicted octanol–water partition coefficient (Wildman–Crippen LogP) is 13.8. The maximum absolute atomic E-state index is 14.8. The molecule has 1 fully saturated rings. The Morgan fingerprint density at radius 2 is 0.955 bits per heavy atom. The Kier molecular flexibility index (Phi) is 16.4. The molecule has 0 radical (unpaired) electrons. The van der Waals surface area contributed by atoms with Crippen molar-refractivity contribution in [2.45, 2.75) is 188 Å². The summed E-state index contributed by atoms with van der Waals surface area (Å²) < 4.78 is 25.4. The molecule has 0 bridgehead atoms. The van der Waals surface area contributed by atoms with Crippen molar-refractivity contribution in [2.24, 2.45) is 28.2 Å². The third kappa shape index (κ3) is 10.6. The van der Waals surface area contributed by atoms with Gasteiger partial charge in [-0.25, -0.2) is 4.79 Å². The summed E-state index contributed by atoms with van der Waals surface area (Å²) in [6.07, 6.45) is 7.98. The van der Waals surface area contributed by atoms with Crippen LogP contribution in [0.1, 0.15) is 183 Å². The number of ether oxygens (including phenoxy) is 4. The third-order valence-electron chi connectivity index (χ3n) is 15.9. The van der Waals surface area contributed by atoms with Crippen LogP contribution in [0.25, 0.3) is 0 Å². The van der Waals surface area contributed by atoms with Gasteiger partial charge in [0.2, 0.25) is 0 Å². The third-order valence-corrected chi connectivity index (χ3v) is 15.9. The topological polar surface area (TPSA) is 123 Å². The summed E-state index contributed by atoms with van der Waals surface area (Å²) in [5, 5.41) is 0. The average molecular weight is 903 g/mol. The van der Waals surface area contributed by atoms with Crippen molar-refractivity contribution in [3.05, 3.63) is 119 Å². The molecule has 4 N–H and O–H groups in total. The molecular weight excluding hydrogens is 821 g/mol. The van der Waals surface area contributed by atoms with E-state index < -0.39 is 28.2 Å². The first-order chi connectivity index (χ1) is 31.1. The van der Waals surface area contributed by atoms with Crippen LogP contribution in [0.4, 0.5) is 0 Å². The molecule has 1 saturated carbocycles. The Bertz CT molecular complexity index is 2190. The molecule has 66 heavy (non-hydrogen) atoms. The number of carbonyl (C=O) groups is 2. The average Bonchev–Trinajstić information content (AvgIpc) is 3.31. The number of carbonyl (C=O) groups excluding carboxylic acids is 2. The largest absolute Gasteiger partial charge is 0.486 e. The molecule has 8 heteroatoms. The summed E-state index contributed by atoms with van der Waals surface area (Å²) in [6.45, 7) is 27.7. The molecule has 360 valence electrons. The van der Waals surface area contributed by atoms with Gasteiger partial charge in [-0.05, 0) is 153 Å². The van der Waals surface area contributed by atoms with Gasteiger partial charge in [0.25, 0.3) is 0 Å². The Morgan fingerprint density at radius 1 is 0.545 bits per heavy atom. The molecule has 2 atom stereocenters. The van der Waals surface area contributed by atoms with Crippen LogP contribution in [-0.4, -0.2) is 28.8 Å². The molecule has 4 aromatic rings. The minimum absolute atomic E-state index is 0.129. The Balaban J connectivity index is 1.37. The van der Waals surface area contributed by atoms with Gasteiger partial charge >= 0.3 is 11.9 Å². The molecule has 0 aliphatic heterocycles. The van der Waals surface area contributed by atoms with E-state index in [2.05, 4.69) is 125 Å². The second kappa shape index (κ2) is 20.7. The lowest BCUT2D eigenvalue weighted by Crippen LogP contribution is -2.57. The van der Waals surface area contributed by atoms with Crippen molar-refractivity contribution >= 4 is 11.9 Å². The minimum atomic E-state index is -1.00. The zero-order valence-corrected chi connectivity index (χ0v) is 42.7. The molecule has 0 heterocycles. The van der Waals surface area contributed by atoms with Crippen molar-refractivity contribution in [1.82, 2.24) is 0 Å². The van der Waals surface area contributed by atoms with Gasteiger partial charge in [-0.2, -0.15) is 0 Å². The van der Waals surface area contributed by atoms with Crippen LogP contribution in [0, 0.1) is 16.7 Å². The fourth-order valence-corrected chi connectivity index (χ4v) is 11.3. The Morgan fingerprint density at radius 3 is 1.36 bits per heavy atom. The van der Waals surface area contributed by atoms with E-state index in [0.717, 1.165) is 49.0 Å². The molecule has 1 aliphatic rings. The van der Waals surface area contributed by atoms with E-state index in [1.165, 1.54) is 11.1 Å². The van der Waals surface area contributed by atoms with Crippen LogP contribution in [0.2, 0.25) is 0 Å². The van der Waals surface area contributed by atoms with Crippen LogP contribution >= 0.6 is 0 Å². The van der Waals surface area contributed by atoms with Crippen LogP contribution < -0.4 is 30.4 Å². The van der Waals surface area contributed by atoms with Gasteiger partial charge in [-0.1, -0.05) is 139 Å². The molecule has 1 aliphatic carbocycles. The fourth-order valence-electron chi connectivity index (χ4n) is 11.3. The predicted molar refractivity (Wildman–Crippen MR) is 269 cm³/mol. The molecule has 8 nitrogen and oxygen atoms in total. The Labute approximate surface area is 397 Å². The number of rotatable bonds is 21. The molecule has 2 unspecified atom stereocenters. The van der Waals surface area contributed by atoms with Gasteiger partial charge in [0.05, 0.1) is 0 Å². The first-order valence-corrected chi connectivity index (χ1v) is 24.9. The molecule has 0 amide bonds. The van der Waals surface area contributed by atoms with Gasteiger partial charge in [-0.3, -0.25) is 10.5 Å². The maximum Gasteiger partial charge on any atom is 0.331 e. The van der Waals surface area contributed by atoms with Crippen molar-refractivity contribution in [2.75, 3.05) is 0 Å². The van der Waals surface area contributed by atoms with Gasteiger partial charge in [0, 0.05) is 10.8 Å². The molecule has 0 aromatic heterocycles. The quantitative estimate of drug-likeness (QED) is 0.0481. The lowest BCUT2D eigenvalue weighted by atomic mass is 9.55. The second-order valence-electron chi connectivity index (χ2n) is 20.8. The molecule has 0 saturated heterocycles. The second-order valence-corrected chi connectivity index (χ2v) is 20.8. The zero-order chi connectivity index (χ0) is 48.8. The number of benzene rings is 4. The van der Waals surface area contributed by atoms with Crippen molar-refractivity contribution < 1.29 is 28.5 Å². The lowest BCUT2D eigenvalue weighted by molar-refractivity contribution is -0.165. The summed E-state index contributed by atoms with van der Waals surface area (Å²) in [7, 11) is 0. The molecule has 4 aromatic carbocycles. The molecule has 5 rings (SSSR count). The first-order valence-electron chi connectivity index (χ1n) is 24.9. The van der Waals surface area contributed by atoms with Crippen LogP contribution in [0.3, 0.4) is 0 Å². The summed E-state index contributed by atoms with van der Waals surface area (Å²) in [5.41, 5.74) is 13.6. The monoisotopic (exact) mass is 903 g/mol. The van der Waals surface area contributed by atoms with Gasteiger partial charge in [-0.15, -0.1) is 0 Å². The number of hydrogen-bond acceptors (Lipinski definition) is 8. The van der Waals surface area contributed by atoms with Gasteiger partial charge in [0.1, 0.15) is 39.6 Å². The fraction of sp³-hybridized carbons (Fsp3) is 0.552. The highest BCUT2D eigenvalue weighted by molar-refractivity contribution is 5.82. The first kappa shape index (κ1) is 52.3. The van der Waals surface area contributed by atoms with E-state index in [1.54, 1.807) is 0 Å². The van der Waals surface area contributed by atoms with Gasteiger partial charge < -0.3 is 24.7 Å². The SMILES string of the molecule is CCC(N)(CC)Oc1ccc(C2(c3ccc(OC(=O)C(CC)(CC)C(CC)(CC)Oc4ccc(C(C)(C)c5ccc(OC(=O)C(N)(CC)CC)cc5)cc4)cc3)CC(C)CC(C)(C)C2)cc1. The van der Waals surface area contributed by atoms with E-state index in [9.17, 15) is 9.59 Å². The van der Waals surface area contributed by atoms with Crippen LogP contribution in [0.15, 0.2) is 97.1 Å². The standard InChI is InChI=1S/C58H82N2O6/c1-14-55(15-2,57(18-5,19-6)65-48-34-24-43(25-35-48)53(12,13)42-22-30-47(31-23-42)64-51(62)56(59,16-3)17-4)50(61)63-46-32-26-44(27-33-46)54(39-41(9)38-52(10,11)40-54)45-28-36-49(37-29-45)66-58(60,20-7)21-8/h22-37,41H,14-21,38-40,59-60H2,1-13H3. The van der Waals surface area contributed by atoms with Crippen molar-refractivity contribution in [3.63, 3.8) is 0 Å². The van der Waals surface area contributed by atoms with E-state index >= 15 is 0 Å². The van der Waals surface area contributed by atoms with Crippen molar-refractivity contribution in [1.29, 1.82) is 0 Å². The number of esters is 2. The summed E-state index contributed by atoms with van der Waals surface area (Å²) in [6, 6.07) is 32.7. The summed E-state index contributed by atoms with van der Waals surface area (Å²) >= 11 is 0. The van der Waals surface area contributed by atoms with E-state index in [0.29, 0.717) is 61.7 Å². The van der Waals surface area contributed by atoms with Crippen LogP contribution in [-0.2, 0) is 20.4 Å². The highest BCUT2D eigenvalue weighted by atomic mass is 16.5. The van der Waals surface area contributed by atoms with E-state index in [1.807, 2.05) is 62.4 Å². The Hall–Kier alpha value is -4.66. The van der Waals surface area contributed by atoms with E-state index in [4.69, 9.17) is 30.4 Å². The molecule has 0 spiro atoms. The summed E-state index contributed by atoms with van der Waals surface area (Å²) in [5.74, 6) is 2.31. The smallest absolute Gasteiger partial charge is 0.331 e. The zero-order valence-electron chi connectivity index (χ0n) is 42.7.